The molecule has 182 valence electrons. The van der Waals surface area contributed by atoms with Gasteiger partial charge in [0.25, 0.3) is 0 Å². The minimum absolute atomic E-state index is 0.195. The van der Waals surface area contributed by atoms with Gasteiger partial charge in [0.05, 0.1) is 5.69 Å². The summed E-state index contributed by atoms with van der Waals surface area (Å²) in [5.41, 5.74) is 5.61. The Morgan fingerprint density at radius 1 is 0.838 bits per heavy atom. The Morgan fingerprint density at radius 3 is 2.46 bits per heavy atom. The molecule has 6 rings (SSSR count). The summed E-state index contributed by atoms with van der Waals surface area (Å²) in [7, 11) is 0. The number of nitrogens with zero attached hydrogens (tertiary/aromatic N) is 3. The van der Waals surface area contributed by atoms with Crippen molar-refractivity contribution in [1.82, 2.24) is 9.97 Å². The number of aromatic nitrogens is 2. The molecular formula is C32H27N3O2. The highest BCUT2D eigenvalue weighted by molar-refractivity contribution is 6.10. The smallest absolute Gasteiger partial charge is 0.161 e. The van der Waals surface area contributed by atoms with E-state index in [9.17, 15) is 5.11 Å². The molecule has 37 heavy (non-hydrogen) atoms. The van der Waals surface area contributed by atoms with Crippen LogP contribution in [0.5, 0.6) is 5.75 Å². The van der Waals surface area contributed by atoms with Crippen molar-refractivity contribution in [2.24, 2.45) is 5.92 Å². The molecule has 1 N–H and O–H groups in total. The van der Waals surface area contributed by atoms with Crippen LogP contribution in [0, 0.1) is 5.92 Å². The van der Waals surface area contributed by atoms with Crippen molar-refractivity contribution in [2.75, 3.05) is 11.4 Å². The van der Waals surface area contributed by atoms with E-state index in [0.717, 1.165) is 51.2 Å². The summed E-state index contributed by atoms with van der Waals surface area (Å²) in [5.74, 6) is 1.54. The van der Waals surface area contributed by atoms with Crippen molar-refractivity contribution in [3.63, 3.8) is 0 Å². The van der Waals surface area contributed by atoms with Crippen molar-refractivity contribution in [3.05, 3.63) is 103 Å². The Kier molecular flexibility index (Phi) is 5.81. The number of rotatable bonds is 6. The first kappa shape index (κ1) is 22.8. The van der Waals surface area contributed by atoms with Gasteiger partial charge in [-0.25, -0.2) is 9.97 Å². The zero-order chi connectivity index (χ0) is 25.4. The number of pyridine rings is 2. The van der Waals surface area contributed by atoms with E-state index in [4.69, 9.17) is 9.40 Å². The van der Waals surface area contributed by atoms with Crippen molar-refractivity contribution in [1.29, 1.82) is 0 Å². The standard InChI is InChI=1S/C32H27N3O2/c1-21(2)20-35(30-16-7-8-17-33-30)23-11-9-10-22(18-23)31-32-26(24-12-4-6-15-29(24)37-32)19-27(34-31)25-13-3-5-14-28(25)36/h3-19,21,36H,20H2,1-2H3. The fourth-order valence-electron chi connectivity index (χ4n) is 4.78. The van der Waals surface area contributed by atoms with Crippen LogP contribution in [0.3, 0.4) is 0 Å². The Labute approximate surface area is 215 Å². The number of hydrogen-bond acceptors (Lipinski definition) is 5. The van der Waals surface area contributed by atoms with Gasteiger partial charge in [0, 0.05) is 40.3 Å². The highest BCUT2D eigenvalue weighted by Crippen LogP contribution is 2.40. The summed E-state index contributed by atoms with van der Waals surface area (Å²) >= 11 is 0. The number of furan rings is 1. The average molecular weight is 486 g/mol. The summed E-state index contributed by atoms with van der Waals surface area (Å²) in [5, 5.41) is 12.6. The van der Waals surface area contributed by atoms with Crippen molar-refractivity contribution in [2.45, 2.75) is 13.8 Å². The molecule has 3 aromatic carbocycles. The first-order valence-corrected chi connectivity index (χ1v) is 12.5. The van der Waals surface area contributed by atoms with Crippen LogP contribution < -0.4 is 4.90 Å². The van der Waals surface area contributed by atoms with Crippen LogP contribution in [-0.2, 0) is 0 Å². The molecule has 0 saturated carbocycles. The highest BCUT2D eigenvalue weighted by Gasteiger charge is 2.19. The summed E-state index contributed by atoms with van der Waals surface area (Å²) in [6.07, 6.45) is 1.82. The second kappa shape index (κ2) is 9.43. The van der Waals surface area contributed by atoms with E-state index < -0.39 is 0 Å². The third-order valence-corrected chi connectivity index (χ3v) is 6.45. The molecule has 5 nitrogen and oxygen atoms in total. The molecule has 0 aliphatic rings. The quantitative estimate of drug-likeness (QED) is 0.257. The molecule has 0 radical (unpaired) electrons. The molecule has 0 fully saturated rings. The lowest BCUT2D eigenvalue weighted by Crippen LogP contribution is -2.23. The van der Waals surface area contributed by atoms with Gasteiger partial charge in [-0.05, 0) is 54.4 Å². The zero-order valence-corrected chi connectivity index (χ0v) is 20.8. The molecule has 0 atom stereocenters. The van der Waals surface area contributed by atoms with Gasteiger partial charge >= 0.3 is 0 Å². The Morgan fingerprint density at radius 2 is 1.65 bits per heavy atom. The third kappa shape index (κ3) is 4.29. The van der Waals surface area contributed by atoms with E-state index >= 15 is 0 Å². The molecular weight excluding hydrogens is 458 g/mol. The van der Waals surface area contributed by atoms with Gasteiger partial charge in [-0.1, -0.05) is 62.4 Å². The molecule has 0 unspecified atom stereocenters. The zero-order valence-electron chi connectivity index (χ0n) is 20.8. The summed E-state index contributed by atoms with van der Waals surface area (Å²) in [4.78, 5) is 11.9. The van der Waals surface area contributed by atoms with Gasteiger partial charge < -0.3 is 14.4 Å². The Bertz CT molecular complexity index is 1710. The van der Waals surface area contributed by atoms with E-state index in [0.29, 0.717) is 17.2 Å². The molecule has 0 aliphatic heterocycles. The Hall–Kier alpha value is -4.64. The lowest BCUT2D eigenvalue weighted by atomic mass is 10.0. The molecule has 0 saturated heterocycles. The highest BCUT2D eigenvalue weighted by atomic mass is 16.3. The van der Waals surface area contributed by atoms with E-state index in [1.54, 1.807) is 6.07 Å². The summed E-state index contributed by atoms with van der Waals surface area (Å²) < 4.78 is 6.36. The maximum atomic E-state index is 10.6. The fraction of sp³-hybridized carbons (Fsp3) is 0.125. The molecule has 0 spiro atoms. The number of hydrogen-bond donors (Lipinski definition) is 1. The predicted molar refractivity (Wildman–Crippen MR) is 150 cm³/mol. The van der Waals surface area contributed by atoms with Crippen LogP contribution in [0.1, 0.15) is 13.8 Å². The lowest BCUT2D eigenvalue weighted by Gasteiger charge is -2.26. The predicted octanol–water partition coefficient (Wildman–Crippen LogP) is 8.21. The van der Waals surface area contributed by atoms with Crippen LogP contribution in [0.4, 0.5) is 11.5 Å². The number of phenols is 1. The largest absolute Gasteiger partial charge is 0.507 e. The topological polar surface area (TPSA) is 62.4 Å². The molecule has 5 heteroatoms. The second-order valence-electron chi connectivity index (χ2n) is 9.59. The van der Waals surface area contributed by atoms with Crippen molar-refractivity contribution >= 4 is 33.4 Å². The Balaban J connectivity index is 1.58. The normalized spacial score (nSPS) is 11.4. The minimum atomic E-state index is 0.195. The number of anilines is 2. The van der Waals surface area contributed by atoms with Gasteiger partial charge in [-0.2, -0.15) is 0 Å². The van der Waals surface area contributed by atoms with Crippen LogP contribution in [0.2, 0.25) is 0 Å². The van der Waals surface area contributed by atoms with Crippen LogP contribution >= 0.6 is 0 Å². The molecule has 3 aromatic heterocycles. The minimum Gasteiger partial charge on any atom is -0.507 e. The van der Waals surface area contributed by atoms with Crippen molar-refractivity contribution < 1.29 is 9.52 Å². The number of aromatic hydroxyl groups is 1. The van der Waals surface area contributed by atoms with Crippen LogP contribution in [0.25, 0.3) is 44.5 Å². The number of fused-ring (bicyclic) bond motifs is 3. The first-order valence-electron chi connectivity index (χ1n) is 12.5. The fourth-order valence-corrected chi connectivity index (χ4v) is 4.78. The van der Waals surface area contributed by atoms with Crippen LogP contribution in [-0.4, -0.2) is 21.6 Å². The molecule has 0 aliphatic carbocycles. The lowest BCUT2D eigenvalue weighted by molar-refractivity contribution is 0.477. The van der Waals surface area contributed by atoms with Gasteiger partial charge in [-0.15, -0.1) is 0 Å². The molecule has 0 amide bonds. The van der Waals surface area contributed by atoms with E-state index in [1.165, 1.54) is 0 Å². The maximum Gasteiger partial charge on any atom is 0.161 e. The summed E-state index contributed by atoms with van der Waals surface area (Å²) in [6.45, 7) is 5.23. The van der Waals surface area contributed by atoms with Crippen molar-refractivity contribution in [3.8, 4) is 28.3 Å². The first-order chi connectivity index (χ1) is 18.1. The SMILES string of the molecule is CC(C)CN(c1cccc(-c2nc(-c3ccccc3O)cc3c2oc2ccccc23)c1)c1ccccn1. The summed E-state index contributed by atoms with van der Waals surface area (Å²) in [6, 6.07) is 31.6. The van der Waals surface area contributed by atoms with Gasteiger partial charge in [0.15, 0.2) is 5.58 Å². The third-order valence-electron chi connectivity index (χ3n) is 6.45. The molecule has 6 aromatic rings. The number of para-hydroxylation sites is 2. The second-order valence-corrected chi connectivity index (χ2v) is 9.59. The number of benzene rings is 3. The monoisotopic (exact) mass is 485 g/mol. The number of phenolic OH excluding ortho intramolecular Hbond substituents is 1. The van der Waals surface area contributed by atoms with E-state index in [2.05, 4.69) is 48.0 Å². The van der Waals surface area contributed by atoms with Crippen LogP contribution in [0.15, 0.2) is 108 Å². The van der Waals surface area contributed by atoms with Gasteiger partial charge in [0.2, 0.25) is 0 Å². The van der Waals surface area contributed by atoms with Gasteiger partial charge in [0.1, 0.15) is 22.8 Å². The average Bonchev–Trinajstić information content (AvgIpc) is 3.31. The maximum absolute atomic E-state index is 10.6. The van der Waals surface area contributed by atoms with E-state index in [-0.39, 0.29) is 5.75 Å². The molecule has 0 bridgehead atoms. The van der Waals surface area contributed by atoms with Gasteiger partial charge in [-0.3, -0.25) is 0 Å². The molecule has 3 heterocycles. The van der Waals surface area contributed by atoms with E-state index in [1.807, 2.05) is 72.9 Å².